The first-order valence-electron chi connectivity index (χ1n) is 51.9. The number of likely N-dealkylation sites (tertiary alicyclic amines) is 2. The maximum atomic E-state index is 16.0. The maximum absolute atomic E-state index is 16.0. The van der Waals surface area contributed by atoms with Gasteiger partial charge in [-0.2, -0.15) is 0 Å². The lowest BCUT2D eigenvalue weighted by atomic mass is 9.76. The number of ether oxygens (including phenoxy) is 14. The topological polar surface area (TPSA) is 428 Å². The van der Waals surface area contributed by atoms with E-state index in [2.05, 4.69) is 77.2 Å². The van der Waals surface area contributed by atoms with Crippen LogP contribution >= 0.6 is 0 Å². The van der Waals surface area contributed by atoms with Crippen LogP contribution in [0.2, 0.25) is 0 Å². The van der Waals surface area contributed by atoms with Gasteiger partial charge in [-0.05, 0) is 124 Å². The number of piperidine rings is 2. The van der Waals surface area contributed by atoms with Crippen molar-refractivity contribution in [3.05, 3.63) is 135 Å². The number of imide groups is 1. The summed E-state index contributed by atoms with van der Waals surface area (Å²) in [6.45, 7) is 21.5. The van der Waals surface area contributed by atoms with Gasteiger partial charge in [-0.25, -0.2) is 23.5 Å². The molecule has 36 nitrogen and oxygen atoms in total. The minimum absolute atomic E-state index is 0.0332. The van der Waals surface area contributed by atoms with E-state index in [1.54, 1.807) is 37.6 Å². The number of carbonyl (C=O) groups is 8. The lowest BCUT2D eigenvalue weighted by molar-refractivity contribution is -0.158. The van der Waals surface area contributed by atoms with Gasteiger partial charge in [0.1, 0.15) is 41.2 Å². The van der Waals surface area contributed by atoms with Crippen molar-refractivity contribution < 1.29 is 124 Å². The second-order valence-electron chi connectivity index (χ2n) is 37.2. The van der Waals surface area contributed by atoms with Crippen LogP contribution in [-0.2, 0) is 120 Å². The van der Waals surface area contributed by atoms with Gasteiger partial charge in [0, 0.05) is 112 Å². The van der Waals surface area contributed by atoms with Crippen molar-refractivity contribution in [1.29, 1.82) is 0 Å². The van der Waals surface area contributed by atoms with Gasteiger partial charge in [0.05, 0.1) is 189 Å². The summed E-state index contributed by atoms with van der Waals surface area (Å²) in [4.78, 5) is 132. The summed E-state index contributed by atoms with van der Waals surface area (Å²) < 4.78 is 112. The first-order chi connectivity index (χ1) is 70.0. The normalized spacial score (nSPS) is 14.6. The monoisotopic (exact) mass is 2020 g/mol. The maximum Gasteiger partial charge on any atom is 0.326 e. The second-order valence-corrected chi connectivity index (χ2v) is 37.2. The van der Waals surface area contributed by atoms with Gasteiger partial charge in [0.15, 0.2) is 0 Å². The van der Waals surface area contributed by atoms with E-state index in [4.69, 9.17) is 71.4 Å². The summed E-state index contributed by atoms with van der Waals surface area (Å²) in [5, 5.41) is 30.3. The number of urea groups is 1. The zero-order valence-corrected chi connectivity index (χ0v) is 85.1. The molecule has 0 bridgehead atoms. The number of aliphatic carboxylic acids is 2. The molecular formula is C106H157F2N11O25. The van der Waals surface area contributed by atoms with Crippen molar-refractivity contribution in [3.63, 3.8) is 0 Å². The Kier molecular flexibility index (Phi) is 55.6. The zero-order valence-electron chi connectivity index (χ0n) is 85.1. The third-order valence-corrected chi connectivity index (χ3v) is 25.8. The number of H-pyrrole nitrogens is 1. The minimum Gasteiger partial charge on any atom is -0.481 e. The van der Waals surface area contributed by atoms with Crippen molar-refractivity contribution in [1.82, 2.24) is 50.2 Å². The Morgan fingerprint density at radius 3 is 1.56 bits per heavy atom. The molecule has 3 aromatic heterocycles. The predicted octanol–water partition coefficient (Wildman–Crippen LogP) is 13.5. The fourth-order valence-electron chi connectivity index (χ4n) is 17.4. The molecule has 6 amide bonds. The minimum atomic E-state index is -1.47. The highest BCUT2D eigenvalue weighted by atomic mass is 19.1. The molecule has 3 aromatic carbocycles. The fraction of sp³-hybridized carbons (Fsp3) is 0.651. The number of aromatic nitrogens is 4. The van der Waals surface area contributed by atoms with Gasteiger partial charge in [0.2, 0.25) is 17.7 Å². The lowest BCUT2D eigenvalue weighted by Crippen LogP contribution is -2.49. The number of rotatable bonds is 79. The number of carbonyl (C=O) groups excluding carboxylic acids is 6. The number of nitrogens with zero attached hydrogens (tertiary/aromatic N) is 6. The van der Waals surface area contributed by atoms with Crippen molar-refractivity contribution in [3.8, 4) is 22.5 Å². The molecule has 3 aliphatic heterocycles. The number of unbranched alkanes of at least 4 members (excludes halogenated alkanes) is 15. The van der Waals surface area contributed by atoms with Crippen LogP contribution in [-0.4, -0.2) is 315 Å². The van der Waals surface area contributed by atoms with Crippen LogP contribution < -0.4 is 26.8 Å². The number of hydrogen-bond acceptors (Lipinski definition) is 27. The summed E-state index contributed by atoms with van der Waals surface area (Å²) in [6, 6.07) is 19.6. The zero-order chi connectivity index (χ0) is 103. The van der Waals surface area contributed by atoms with Crippen molar-refractivity contribution in [2.24, 2.45) is 5.41 Å². The third-order valence-electron chi connectivity index (χ3n) is 25.8. The highest BCUT2D eigenvalue weighted by Crippen LogP contribution is 2.38. The number of amides is 6. The van der Waals surface area contributed by atoms with Crippen molar-refractivity contribution in [2.45, 2.75) is 232 Å². The molecule has 0 saturated carbocycles. The van der Waals surface area contributed by atoms with E-state index in [1.165, 1.54) is 61.5 Å². The Labute approximate surface area is 845 Å². The van der Waals surface area contributed by atoms with Gasteiger partial charge >= 0.3 is 23.9 Å². The molecule has 800 valence electrons. The average Bonchev–Trinajstić information content (AvgIpc) is 1.58. The van der Waals surface area contributed by atoms with E-state index in [-0.39, 0.29) is 106 Å². The quantitative estimate of drug-likeness (QED) is 0.0106. The Balaban J connectivity index is 0.515. The first kappa shape index (κ1) is 118. The summed E-state index contributed by atoms with van der Waals surface area (Å²) in [5.74, 6) is -6.24. The molecule has 9 rings (SSSR count). The van der Waals surface area contributed by atoms with Crippen LogP contribution in [0.25, 0.3) is 33.5 Å². The van der Waals surface area contributed by atoms with Crippen molar-refractivity contribution in [2.75, 3.05) is 216 Å². The number of benzene rings is 3. The van der Waals surface area contributed by atoms with Gasteiger partial charge < -0.3 is 112 Å². The second kappa shape index (κ2) is 67.9. The molecule has 0 radical (unpaired) electrons. The molecule has 3 saturated heterocycles. The first-order valence-corrected chi connectivity index (χ1v) is 51.9. The van der Waals surface area contributed by atoms with Crippen LogP contribution in [0.15, 0.2) is 90.1 Å². The van der Waals surface area contributed by atoms with Gasteiger partial charge in [-0.15, -0.1) is 0 Å². The molecule has 144 heavy (non-hydrogen) atoms. The largest absolute Gasteiger partial charge is 0.481 e. The Morgan fingerprint density at radius 2 is 1.04 bits per heavy atom. The highest BCUT2D eigenvalue weighted by Gasteiger charge is 2.45. The molecule has 3 aliphatic rings. The molecular weight excluding hydrogens is 1870 g/mol. The molecule has 1 atom stereocenters. The van der Waals surface area contributed by atoms with E-state index < -0.39 is 70.9 Å². The summed E-state index contributed by atoms with van der Waals surface area (Å²) in [5.41, 5.74) is 2.17. The Bertz CT molecular complexity index is 4840. The van der Waals surface area contributed by atoms with Crippen LogP contribution in [0.5, 0.6) is 0 Å². The van der Waals surface area contributed by atoms with Gasteiger partial charge in [-0.1, -0.05) is 146 Å². The Morgan fingerprint density at radius 1 is 0.535 bits per heavy atom. The van der Waals surface area contributed by atoms with E-state index in [0.717, 1.165) is 152 Å². The number of anilines is 1. The number of aromatic amines is 1. The number of halogens is 2. The number of esters is 1. The van der Waals surface area contributed by atoms with E-state index in [1.807, 2.05) is 12.1 Å². The average molecular weight is 2020 g/mol. The smallest absolute Gasteiger partial charge is 0.326 e. The predicted molar refractivity (Wildman–Crippen MR) is 537 cm³/mol. The van der Waals surface area contributed by atoms with E-state index >= 15 is 8.78 Å². The van der Waals surface area contributed by atoms with Crippen LogP contribution in [0, 0.1) is 24.0 Å². The highest BCUT2D eigenvalue weighted by molar-refractivity contribution is 6.06. The number of fused-ring (bicyclic) bond motifs is 1. The molecule has 7 N–H and O–H groups in total. The molecule has 6 heterocycles. The summed E-state index contributed by atoms with van der Waals surface area (Å²) >= 11 is 0. The number of carboxylic acid groups (broad SMARTS) is 2. The number of hydrogen-bond donors (Lipinski definition) is 7. The van der Waals surface area contributed by atoms with E-state index in [0.29, 0.717) is 204 Å². The fourth-order valence-corrected chi connectivity index (χ4v) is 17.4. The molecule has 0 aliphatic carbocycles. The Hall–Kier alpha value is -9.75. The van der Waals surface area contributed by atoms with Crippen LogP contribution in [0.1, 0.15) is 220 Å². The molecule has 1 unspecified atom stereocenters. The van der Waals surface area contributed by atoms with E-state index in [9.17, 15) is 48.3 Å². The molecule has 0 spiro atoms. The summed E-state index contributed by atoms with van der Waals surface area (Å²) in [7, 11) is 0. The SMILES string of the molecule is CCCCCCCCCCCC(CCCCCCCCCCC(=O)O)(C(=O)O)C(=O)NCCOCCOCCOCCOCCOCCOCCOCCOCCOCCOCCOCCOCCC(=O)NCC(=O)OC(C)(C)c1ccc(C(=O)Nc2cc(F)cc(-c3ncnc4[nH]c(-c5ccc(CN6CCC(OC7CCN(CCn8cccc(CN9CCC(=O)NC9=O)c8=O)CC7)CC6)cc5)cc34)c2C)c(F)c1. The molecule has 3 fully saturated rings. The van der Waals surface area contributed by atoms with Crippen LogP contribution in [0.3, 0.4) is 0 Å². The lowest BCUT2D eigenvalue weighted by Gasteiger charge is -2.37. The number of nitrogens with one attached hydrogen (secondary N) is 5. The third kappa shape index (κ3) is 44.1. The van der Waals surface area contributed by atoms with Crippen molar-refractivity contribution >= 4 is 64.3 Å². The number of pyridine rings is 1. The molecule has 6 aromatic rings. The number of carboxylic acids is 2. The standard InChI is InChI=1S/C106H157F2N11O25/c1-5-6-7-8-9-11-14-17-20-37-106(103(128)129,38-21-18-15-12-10-13-16-19-24-96(122)123)102(127)109-39-49-132-51-53-134-55-57-136-59-61-138-63-65-140-67-69-142-71-70-141-68-66-139-64-62-137-60-58-135-56-54-133-52-50-131-48-36-94(120)110-76-97(124)144-105(3,4)84-29-30-88(91(108)72-84)100(125)114-92-74-85(107)73-89(80(92)2)98-90-75-93(113-99(90)112-79-111-98)82-27-25-81(26-28-82)77-117-43-33-87(34-44-117)143-86-31-41-116(42-32-86)46-47-118-40-22-23-83(101(118)126)78-119-45-35-95(121)115-104(119)130/h22-23,25-30,40,72-75,79,86-87H,5-21,24,31-39,41-71,76-78H2,1-4H3,(H,109,127)(H,110,120)(H,114,125)(H,122,123)(H,128,129)(H,111,112,113)(H,115,121,130). The van der Waals surface area contributed by atoms with Crippen LogP contribution in [0.4, 0.5) is 19.3 Å². The molecule has 38 heteroatoms. The summed E-state index contributed by atoms with van der Waals surface area (Å²) in [6.07, 6.45) is 25.2. The van der Waals surface area contributed by atoms with Gasteiger partial charge in [-0.3, -0.25) is 48.6 Å². The van der Waals surface area contributed by atoms with Gasteiger partial charge in [0.25, 0.3) is 11.5 Å².